The van der Waals surface area contributed by atoms with Gasteiger partial charge in [0.25, 0.3) is 0 Å². The van der Waals surface area contributed by atoms with Crippen LogP contribution in [0.25, 0.3) is 0 Å². The van der Waals surface area contributed by atoms with Crippen LogP contribution < -0.4 is 5.32 Å². The largest absolute Gasteiger partial charge is 0.314 e. The second-order valence-corrected chi connectivity index (χ2v) is 6.59. The van der Waals surface area contributed by atoms with Crippen molar-refractivity contribution in [2.75, 3.05) is 18.6 Å². The van der Waals surface area contributed by atoms with E-state index < -0.39 is 9.84 Å². The molecule has 3 nitrogen and oxygen atoms in total. The molecule has 0 aromatic heterocycles. The molecule has 0 bridgehead atoms. The molecule has 0 heterocycles. The van der Waals surface area contributed by atoms with Crippen LogP contribution in [0.2, 0.25) is 0 Å². The second kappa shape index (κ2) is 8.11. The van der Waals surface area contributed by atoms with E-state index in [-0.39, 0.29) is 0 Å². The van der Waals surface area contributed by atoms with Crippen molar-refractivity contribution >= 4 is 9.84 Å². The van der Waals surface area contributed by atoms with Crippen molar-refractivity contribution in [2.45, 2.75) is 52.0 Å². The normalized spacial score (nSPS) is 14.1. The lowest BCUT2D eigenvalue weighted by atomic mass is 10.1. The van der Waals surface area contributed by atoms with Crippen molar-refractivity contribution in [1.29, 1.82) is 0 Å². The highest BCUT2D eigenvalue weighted by Gasteiger charge is 2.03. The van der Waals surface area contributed by atoms with Crippen LogP contribution in [0.1, 0.15) is 46.0 Å². The maximum absolute atomic E-state index is 10.9. The summed E-state index contributed by atoms with van der Waals surface area (Å²) in [5.74, 6) is 0.337. The van der Waals surface area contributed by atoms with Gasteiger partial charge in [-0.25, -0.2) is 8.42 Å². The summed E-state index contributed by atoms with van der Waals surface area (Å²) in [5, 5.41) is 3.42. The third-order valence-corrected chi connectivity index (χ3v) is 3.43. The average molecular weight is 235 g/mol. The number of hydrogen-bond acceptors (Lipinski definition) is 3. The van der Waals surface area contributed by atoms with Crippen molar-refractivity contribution in [1.82, 2.24) is 5.32 Å². The zero-order valence-corrected chi connectivity index (χ0v) is 11.1. The Kier molecular flexibility index (Phi) is 8.06. The number of nitrogens with one attached hydrogen (secondary N) is 1. The Labute approximate surface area is 94.6 Å². The second-order valence-electron chi connectivity index (χ2n) is 4.33. The highest BCUT2D eigenvalue weighted by Crippen LogP contribution is 2.04. The standard InChI is InChI=1S/C11H25NO2S/c1-4-9-12-11(2)8-6-5-7-10-15(3,13)14/h11-12H,4-10H2,1-3H3. The van der Waals surface area contributed by atoms with E-state index in [9.17, 15) is 8.42 Å². The lowest BCUT2D eigenvalue weighted by Gasteiger charge is -2.12. The summed E-state index contributed by atoms with van der Waals surface area (Å²) < 4.78 is 21.7. The van der Waals surface area contributed by atoms with Gasteiger partial charge < -0.3 is 5.32 Å². The summed E-state index contributed by atoms with van der Waals surface area (Å²) in [6, 6.07) is 0.559. The summed E-state index contributed by atoms with van der Waals surface area (Å²) in [7, 11) is -2.75. The maximum Gasteiger partial charge on any atom is 0.147 e. The lowest BCUT2D eigenvalue weighted by Crippen LogP contribution is -2.26. The van der Waals surface area contributed by atoms with Gasteiger partial charge in [-0.1, -0.05) is 19.8 Å². The van der Waals surface area contributed by atoms with E-state index in [0.29, 0.717) is 11.8 Å². The van der Waals surface area contributed by atoms with Gasteiger partial charge in [-0.2, -0.15) is 0 Å². The molecule has 15 heavy (non-hydrogen) atoms. The molecular weight excluding hydrogens is 210 g/mol. The predicted molar refractivity (Wildman–Crippen MR) is 65.9 cm³/mol. The Bertz CT molecular complexity index is 237. The van der Waals surface area contributed by atoms with Gasteiger partial charge in [0, 0.05) is 18.1 Å². The zero-order chi connectivity index (χ0) is 11.7. The summed E-state index contributed by atoms with van der Waals surface area (Å²) in [6.07, 6.45) is 6.55. The molecule has 4 heteroatoms. The molecule has 0 aromatic rings. The van der Waals surface area contributed by atoms with Crippen LogP contribution in [0.4, 0.5) is 0 Å². The van der Waals surface area contributed by atoms with Crippen molar-refractivity contribution < 1.29 is 8.42 Å². The molecule has 1 unspecified atom stereocenters. The smallest absolute Gasteiger partial charge is 0.147 e. The van der Waals surface area contributed by atoms with Crippen LogP contribution >= 0.6 is 0 Å². The van der Waals surface area contributed by atoms with Crippen molar-refractivity contribution in [2.24, 2.45) is 0 Å². The molecule has 0 spiro atoms. The molecule has 0 aromatic carbocycles. The summed E-state index contributed by atoms with van der Waals surface area (Å²) in [4.78, 5) is 0. The Morgan fingerprint density at radius 1 is 1.20 bits per heavy atom. The zero-order valence-electron chi connectivity index (χ0n) is 10.3. The minimum atomic E-state index is -2.75. The van der Waals surface area contributed by atoms with Gasteiger partial charge >= 0.3 is 0 Å². The minimum Gasteiger partial charge on any atom is -0.314 e. The first-order valence-corrected chi connectivity index (χ1v) is 7.93. The van der Waals surface area contributed by atoms with Crippen molar-refractivity contribution in [3.8, 4) is 0 Å². The molecule has 0 saturated carbocycles. The molecule has 0 saturated heterocycles. The summed E-state index contributed by atoms with van der Waals surface area (Å²) >= 11 is 0. The van der Waals surface area contributed by atoms with Gasteiger partial charge in [0.1, 0.15) is 9.84 Å². The highest BCUT2D eigenvalue weighted by atomic mass is 32.2. The molecule has 1 atom stereocenters. The summed E-state index contributed by atoms with van der Waals surface area (Å²) in [5.41, 5.74) is 0. The Morgan fingerprint density at radius 2 is 1.87 bits per heavy atom. The first-order valence-electron chi connectivity index (χ1n) is 5.87. The van der Waals surface area contributed by atoms with Gasteiger partial charge in [0.15, 0.2) is 0 Å². The first kappa shape index (κ1) is 14.9. The fourth-order valence-electron chi connectivity index (χ4n) is 1.48. The highest BCUT2D eigenvalue weighted by molar-refractivity contribution is 7.90. The third-order valence-electron chi connectivity index (χ3n) is 2.40. The molecule has 0 fully saturated rings. The molecule has 1 N–H and O–H groups in total. The van der Waals surface area contributed by atoms with E-state index in [1.54, 1.807) is 0 Å². The fourth-order valence-corrected chi connectivity index (χ4v) is 2.21. The van der Waals surface area contributed by atoms with Gasteiger partial charge in [-0.3, -0.25) is 0 Å². The van der Waals surface area contributed by atoms with Gasteiger partial charge in [-0.05, 0) is 32.7 Å². The fraction of sp³-hybridized carbons (Fsp3) is 1.00. The Balaban J connectivity index is 3.31. The number of unbranched alkanes of at least 4 members (excludes halogenated alkanes) is 2. The van der Waals surface area contributed by atoms with Gasteiger partial charge in [0.05, 0.1) is 0 Å². The van der Waals surface area contributed by atoms with Crippen LogP contribution in [0.3, 0.4) is 0 Å². The van der Waals surface area contributed by atoms with Crippen LogP contribution in [-0.4, -0.2) is 33.0 Å². The quantitative estimate of drug-likeness (QED) is 0.622. The van der Waals surface area contributed by atoms with Crippen LogP contribution in [0.5, 0.6) is 0 Å². The SMILES string of the molecule is CCCNC(C)CCCCCS(C)(=O)=O. The molecular formula is C11H25NO2S. The van der Waals surface area contributed by atoms with Gasteiger partial charge in [-0.15, -0.1) is 0 Å². The van der Waals surface area contributed by atoms with Crippen LogP contribution in [0.15, 0.2) is 0 Å². The number of rotatable bonds is 9. The lowest BCUT2D eigenvalue weighted by molar-refractivity contribution is 0.487. The Morgan fingerprint density at radius 3 is 2.40 bits per heavy atom. The third kappa shape index (κ3) is 11.8. The summed E-state index contributed by atoms with van der Waals surface area (Å²) in [6.45, 7) is 5.42. The first-order chi connectivity index (χ1) is 6.95. The number of sulfone groups is 1. The molecule has 0 radical (unpaired) electrons. The molecule has 0 amide bonds. The van der Waals surface area contributed by atoms with E-state index in [0.717, 1.165) is 32.2 Å². The van der Waals surface area contributed by atoms with E-state index >= 15 is 0 Å². The van der Waals surface area contributed by atoms with E-state index in [4.69, 9.17) is 0 Å². The van der Waals surface area contributed by atoms with E-state index in [1.807, 2.05) is 0 Å². The minimum absolute atomic E-state index is 0.337. The van der Waals surface area contributed by atoms with Crippen molar-refractivity contribution in [3.63, 3.8) is 0 Å². The molecule has 0 aliphatic rings. The number of hydrogen-bond donors (Lipinski definition) is 1. The van der Waals surface area contributed by atoms with E-state index in [1.165, 1.54) is 12.7 Å². The molecule has 0 aliphatic carbocycles. The van der Waals surface area contributed by atoms with Crippen molar-refractivity contribution in [3.05, 3.63) is 0 Å². The molecule has 0 rings (SSSR count). The Hall–Kier alpha value is -0.0900. The molecule has 0 aliphatic heterocycles. The topological polar surface area (TPSA) is 46.2 Å². The predicted octanol–water partition coefficient (Wildman–Crippen LogP) is 1.98. The van der Waals surface area contributed by atoms with Crippen LogP contribution in [-0.2, 0) is 9.84 Å². The average Bonchev–Trinajstić information content (AvgIpc) is 2.12. The van der Waals surface area contributed by atoms with Crippen LogP contribution in [0, 0.1) is 0 Å². The van der Waals surface area contributed by atoms with E-state index in [2.05, 4.69) is 19.2 Å². The van der Waals surface area contributed by atoms with Gasteiger partial charge in [0.2, 0.25) is 0 Å². The maximum atomic E-state index is 10.9. The molecule has 92 valence electrons. The monoisotopic (exact) mass is 235 g/mol.